The SMILES string of the molecule is O=S1(=O)C=[C]N=C1. The van der Waals surface area contributed by atoms with Gasteiger partial charge in [-0.15, -0.1) is 0 Å². The fourth-order valence-electron chi connectivity index (χ4n) is 0.238. The molecule has 0 saturated carbocycles. The summed E-state index contributed by atoms with van der Waals surface area (Å²) in [5.41, 5.74) is 0.854. The molecule has 0 amide bonds. The third-order valence-corrected chi connectivity index (χ3v) is 1.32. The average Bonchev–Trinajstić information content (AvgIpc) is 1.84. The van der Waals surface area contributed by atoms with E-state index in [1.165, 1.54) is 0 Å². The number of nitrogens with zero attached hydrogens (tertiary/aromatic N) is 1. The van der Waals surface area contributed by atoms with Crippen molar-refractivity contribution < 1.29 is 8.42 Å². The first-order chi connectivity index (χ1) is 3.21. The zero-order valence-corrected chi connectivity index (χ0v) is 4.14. The topological polar surface area (TPSA) is 46.5 Å². The van der Waals surface area contributed by atoms with Gasteiger partial charge >= 0.3 is 0 Å². The molecule has 0 atom stereocenters. The molecular formula is C3H2NO2S. The molecule has 7 heavy (non-hydrogen) atoms. The predicted molar refractivity (Wildman–Crippen MR) is 25.2 cm³/mol. The van der Waals surface area contributed by atoms with E-state index in [-0.39, 0.29) is 0 Å². The van der Waals surface area contributed by atoms with Crippen LogP contribution in [0.2, 0.25) is 0 Å². The predicted octanol–water partition coefficient (Wildman–Crippen LogP) is -0.283. The molecule has 1 heterocycles. The maximum atomic E-state index is 10.2. The van der Waals surface area contributed by atoms with E-state index >= 15 is 0 Å². The van der Waals surface area contributed by atoms with E-state index in [9.17, 15) is 8.42 Å². The van der Waals surface area contributed by atoms with Gasteiger partial charge in [0.05, 0.1) is 5.41 Å². The van der Waals surface area contributed by atoms with Crippen LogP contribution >= 0.6 is 0 Å². The molecule has 1 rings (SSSR count). The Morgan fingerprint density at radius 2 is 2.29 bits per heavy atom. The lowest BCUT2D eigenvalue weighted by Crippen LogP contribution is -1.88. The van der Waals surface area contributed by atoms with E-state index in [2.05, 4.69) is 11.2 Å². The standard InChI is InChI=1S/C3H2NO2S/c5-7(6)2-1-4-3-7/h2-3H. The van der Waals surface area contributed by atoms with Crippen molar-refractivity contribution in [2.24, 2.45) is 4.99 Å². The van der Waals surface area contributed by atoms with E-state index in [1.54, 1.807) is 0 Å². The second-order valence-electron chi connectivity index (χ2n) is 1.07. The van der Waals surface area contributed by atoms with Crippen LogP contribution in [0.4, 0.5) is 0 Å². The zero-order chi connectivity index (χ0) is 5.33. The Balaban J connectivity index is 3.25. The number of hydrogen-bond donors (Lipinski definition) is 0. The molecule has 0 unspecified atom stereocenters. The monoisotopic (exact) mass is 116 g/mol. The highest BCUT2D eigenvalue weighted by Crippen LogP contribution is 1.93. The highest BCUT2D eigenvalue weighted by molar-refractivity contribution is 8.07. The number of rotatable bonds is 0. The summed E-state index contributed by atoms with van der Waals surface area (Å²) in [6.07, 6.45) is 2.17. The molecule has 0 fully saturated rings. The summed E-state index contributed by atoms with van der Waals surface area (Å²) in [5.74, 6) is 0. The second-order valence-corrected chi connectivity index (χ2v) is 2.70. The van der Waals surface area contributed by atoms with Crippen molar-refractivity contribution in [3.05, 3.63) is 11.6 Å². The summed E-state index contributed by atoms with van der Waals surface area (Å²) in [6, 6.07) is 0. The van der Waals surface area contributed by atoms with Gasteiger partial charge in [-0.05, 0) is 0 Å². The van der Waals surface area contributed by atoms with Crippen LogP contribution in [0.25, 0.3) is 0 Å². The maximum Gasteiger partial charge on any atom is 0.212 e. The van der Waals surface area contributed by atoms with Crippen LogP contribution in [0, 0.1) is 6.20 Å². The lowest BCUT2D eigenvalue weighted by atomic mass is 11.1. The van der Waals surface area contributed by atoms with E-state index in [0.29, 0.717) is 0 Å². The molecule has 4 heteroatoms. The van der Waals surface area contributed by atoms with Crippen molar-refractivity contribution in [2.75, 3.05) is 0 Å². The Morgan fingerprint density at radius 1 is 1.57 bits per heavy atom. The molecular weight excluding hydrogens is 114 g/mol. The van der Waals surface area contributed by atoms with Gasteiger partial charge in [0.1, 0.15) is 11.7 Å². The third-order valence-electron chi connectivity index (χ3n) is 0.491. The molecule has 3 nitrogen and oxygen atoms in total. The Morgan fingerprint density at radius 3 is 2.43 bits per heavy atom. The Hall–Kier alpha value is -0.640. The van der Waals surface area contributed by atoms with Crippen molar-refractivity contribution in [1.29, 1.82) is 0 Å². The largest absolute Gasteiger partial charge is 0.241 e. The molecule has 37 valence electrons. The molecule has 0 aromatic heterocycles. The van der Waals surface area contributed by atoms with Gasteiger partial charge in [-0.3, -0.25) is 0 Å². The van der Waals surface area contributed by atoms with Crippen molar-refractivity contribution in [3.63, 3.8) is 0 Å². The summed E-state index contributed by atoms with van der Waals surface area (Å²) in [4.78, 5) is 3.22. The van der Waals surface area contributed by atoms with Gasteiger partial charge in [0.2, 0.25) is 9.84 Å². The van der Waals surface area contributed by atoms with Crippen LogP contribution in [-0.4, -0.2) is 14.0 Å². The van der Waals surface area contributed by atoms with Crippen LogP contribution in [0.1, 0.15) is 0 Å². The molecule has 0 spiro atoms. The van der Waals surface area contributed by atoms with Crippen molar-refractivity contribution in [1.82, 2.24) is 0 Å². The van der Waals surface area contributed by atoms with Gasteiger partial charge in [-0.1, -0.05) is 0 Å². The van der Waals surface area contributed by atoms with E-state index < -0.39 is 9.84 Å². The molecule has 0 N–H and O–H groups in total. The summed E-state index contributed by atoms with van der Waals surface area (Å²) >= 11 is 0. The minimum Gasteiger partial charge on any atom is -0.241 e. The van der Waals surface area contributed by atoms with Gasteiger partial charge in [-0.25, -0.2) is 13.4 Å². The first-order valence-electron chi connectivity index (χ1n) is 1.58. The lowest BCUT2D eigenvalue weighted by molar-refractivity contribution is 0.616. The summed E-state index contributed by atoms with van der Waals surface area (Å²) in [5, 5.41) is 0.924. The summed E-state index contributed by atoms with van der Waals surface area (Å²) < 4.78 is 20.3. The van der Waals surface area contributed by atoms with Gasteiger partial charge in [0, 0.05) is 0 Å². The van der Waals surface area contributed by atoms with E-state index in [1.807, 2.05) is 0 Å². The fourth-order valence-corrected chi connectivity index (χ4v) is 0.715. The maximum absolute atomic E-state index is 10.2. The molecule has 0 aliphatic carbocycles. The normalized spacial score (nSPS) is 23.4. The first-order valence-corrected chi connectivity index (χ1v) is 3.18. The van der Waals surface area contributed by atoms with Gasteiger partial charge < -0.3 is 0 Å². The quantitative estimate of drug-likeness (QED) is 0.437. The minimum absolute atomic E-state index is 0.854. The molecule has 0 bridgehead atoms. The van der Waals surface area contributed by atoms with E-state index in [0.717, 1.165) is 11.0 Å². The highest BCUT2D eigenvalue weighted by atomic mass is 32.2. The van der Waals surface area contributed by atoms with Crippen LogP contribution in [-0.2, 0) is 9.84 Å². The first kappa shape index (κ1) is 4.52. The van der Waals surface area contributed by atoms with Crippen molar-refractivity contribution in [2.45, 2.75) is 0 Å². The third kappa shape index (κ3) is 0.866. The zero-order valence-electron chi connectivity index (χ0n) is 3.33. The van der Waals surface area contributed by atoms with Gasteiger partial charge in [0.15, 0.2) is 0 Å². The smallest absolute Gasteiger partial charge is 0.212 e. The molecule has 1 radical (unpaired) electrons. The van der Waals surface area contributed by atoms with Crippen LogP contribution < -0.4 is 0 Å². The second kappa shape index (κ2) is 1.16. The number of sulfone groups is 1. The summed E-state index contributed by atoms with van der Waals surface area (Å²) in [6.45, 7) is 0. The highest BCUT2D eigenvalue weighted by Gasteiger charge is 2.03. The molecule has 0 aromatic rings. The lowest BCUT2D eigenvalue weighted by Gasteiger charge is -1.70. The number of hydrogen-bond acceptors (Lipinski definition) is 3. The van der Waals surface area contributed by atoms with E-state index in [4.69, 9.17) is 0 Å². The minimum atomic E-state index is -3.07. The molecule has 0 aromatic carbocycles. The molecule has 1 aliphatic heterocycles. The van der Waals surface area contributed by atoms with Gasteiger partial charge in [-0.2, -0.15) is 0 Å². The molecule has 0 saturated heterocycles. The van der Waals surface area contributed by atoms with Crippen LogP contribution in [0.15, 0.2) is 10.4 Å². The Bertz CT molecular complexity index is 193. The summed E-state index contributed by atoms with van der Waals surface area (Å²) in [7, 11) is -3.07. The fraction of sp³-hybridized carbons (Fsp3) is 0. The molecule has 1 aliphatic rings. The Kier molecular flexibility index (Phi) is 0.751. The van der Waals surface area contributed by atoms with Crippen molar-refractivity contribution >= 4 is 15.4 Å². The van der Waals surface area contributed by atoms with Crippen molar-refractivity contribution in [3.8, 4) is 0 Å². The average molecular weight is 116 g/mol. The van der Waals surface area contributed by atoms with Crippen LogP contribution in [0.5, 0.6) is 0 Å². The van der Waals surface area contributed by atoms with Crippen LogP contribution in [0.3, 0.4) is 0 Å². The Labute approximate surface area is 41.3 Å². The van der Waals surface area contributed by atoms with Gasteiger partial charge in [0.25, 0.3) is 0 Å². The number of aliphatic imine (C=N–C) groups is 1.